The molecule has 1 aromatic heterocycles. The van der Waals surface area contributed by atoms with Crippen LogP contribution in [-0.4, -0.2) is 68.4 Å². The van der Waals surface area contributed by atoms with Gasteiger partial charge in [-0.2, -0.15) is 0 Å². The van der Waals surface area contributed by atoms with Crippen molar-refractivity contribution in [2.45, 2.75) is 10.8 Å². The van der Waals surface area contributed by atoms with Gasteiger partial charge in [0.05, 0.1) is 12.6 Å². The summed E-state index contributed by atoms with van der Waals surface area (Å²) in [6.45, 7) is 1.52. The summed E-state index contributed by atoms with van der Waals surface area (Å²) in [6, 6.07) is 20.2. The molecule has 4 aromatic rings. The first-order chi connectivity index (χ1) is 21.3. The molecule has 3 amide bonds. The number of amides is 3. The number of nitrogens with one attached hydrogen (secondary N) is 2. The average Bonchev–Trinajstić information content (AvgIpc) is 3.60. The van der Waals surface area contributed by atoms with Gasteiger partial charge in [-0.3, -0.25) is 14.5 Å². The number of rotatable bonds is 7. The third-order valence-electron chi connectivity index (χ3n) is 7.68. The Morgan fingerprint density at radius 3 is 2.30 bits per heavy atom. The number of hydrogen-bond acceptors (Lipinski definition) is 6. The lowest BCUT2D eigenvalue weighted by atomic mass is 10.0. The fraction of sp³-hybridized carbons (Fsp3) is 0.182. The number of aromatic nitrogens is 1. The molecular formula is C33H31N5O5S. The number of benzene rings is 3. The Morgan fingerprint density at radius 2 is 1.57 bits per heavy atom. The number of carbonyl (C=O) groups excluding carboxylic acids is 2. The summed E-state index contributed by atoms with van der Waals surface area (Å²) in [4.78, 5) is 33.8. The van der Waals surface area contributed by atoms with Crippen LogP contribution in [0.15, 0.2) is 108 Å². The number of methoxy groups -OCH3 is 1. The van der Waals surface area contributed by atoms with Gasteiger partial charge in [0.1, 0.15) is 10.6 Å². The Balaban J connectivity index is 1.07. The Kier molecular flexibility index (Phi) is 8.03. The molecule has 6 rings (SSSR count). The van der Waals surface area contributed by atoms with E-state index in [0.29, 0.717) is 54.4 Å². The lowest BCUT2D eigenvalue weighted by Crippen LogP contribution is -2.51. The Bertz CT molecular complexity index is 1870. The maximum Gasteiger partial charge on any atom is 0.321 e. The third kappa shape index (κ3) is 6.13. The zero-order chi connectivity index (χ0) is 30.7. The first-order valence-corrected chi connectivity index (χ1v) is 15.6. The normalized spacial score (nSPS) is 15.0. The number of nitrogens with zero attached hydrogens (tertiary/aromatic N) is 3. The van der Waals surface area contributed by atoms with E-state index in [2.05, 4.69) is 27.2 Å². The molecule has 10 nitrogen and oxygen atoms in total. The van der Waals surface area contributed by atoms with Gasteiger partial charge in [0.15, 0.2) is 0 Å². The monoisotopic (exact) mass is 609 g/mol. The van der Waals surface area contributed by atoms with Crippen LogP contribution in [0.2, 0.25) is 0 Å². The number of para-hydroxylation sites is 1. The summed E-state index contributed by atoms with van der Waals surface area (Å²) >= 11 is 0. The van der Waals surface area contributed by atoms with Crippen molar-refractivity contribution in [1.29, 1.82) is 0 Å². The Hall–Kier alpha value is -5.16. The number of ether oxygens (including phenoxy) is 1. The molecule has 1 aliphatic carbocycles. The summed E-state index contributed by atoms with van der Waals surface area (Å²) < 4.78 is 34.5. The first-order valence-electron chi connectivity index (χ1n) is 14.2. The number of sulfonamides is 1. The highest BCUT2D eigenvalue weighted by molar-refractivity contribution is 7.93. The van der Waals surface area contributed by atoms with Gasteiger partial charge in [0.2, 0.25) is 0 Å². The van der Waals surface area contributed by atoms with Crippen molar-refractivity contribution in [2.24, 2.45) is 0 Å². The minimum atomic E-state index is -3.95. The van der Waals surface area contributed by atoms with E-state index >= 15 is 0 Å². The number of hydrogen-bond donors (Lipinski definition) is 2. The second kappa shape index (κ2) is 12.2. The lowest BCUT2D eigenvalue weighted by Gasteiger charge is -2.34. The van der Waals surface area contributed by atoms with E-state index in [1.165, 1.54) is 6.07 Å². The van der Waals surface area contributed by atoms with Gasteiger partial charge in [-0.15, -0.1) is 0 Å². The molecule has 0 radical (unpaired) electrons. The van der Waals surface area contributed by atoms with Crippen LogP contribution in [0.25, 0.3) is 10.9 Å². The summed E-state index contributed by atoms with van der Waals surface area (Å²) in [5.41, 5.74) is 2.76. The number of anilines is 2. The fourth-order valence-corrected chi connectivity index (χ4v) is 6.53. The van der Waals surface area contributed by atoms with Gasteiger partial charge in [0, 0.05) is 66.7 Å². The van der Waals surface area contributed by atoms with Gasteiger partial charge in [-0.1, -0.05) is 42.5 Å². The van der Waals surface area contributed by atoms with E-state index in [1.807, 2.05) is 24.3 Å². The van der Waals surface area contributed by atoms with Gasteiger partial charge < -0.3 is 19.9 Å². The van der Waals surface area contributed by atoms with Crippen molar-refractivity contribution in [3.63, 3.8) is 0 Å². The van der Waals surface area contributed by atoms with Crippen molar-refractivity contribution >= 4 is 44.2 Å². The van der Waals surface area contributed by atoms with Crippen LogP contribution in [0.1, 0.15) is 21.8 Å². The molecule has 224 valence electrons. The standard InChI is InChI=1S/C33H31N5O5S/c1-43-29-10-5-9-28(21-29)35-33(40)38-18-16-37(17-19-38)32(39)24-12-14-27(15-13-24)36-44(41,42)30-11-4-8-25-20-26(22-34-31(25)30)23-6-2-3-7-23/h2-15,20-23,36H,16-19H2,1H3,(H,35,40). The molecule has 2 N–H and O–H groups in total. The summed E-state index contributed by atoms with van der Waals surface area (Å²) in [7, 11) is -2.39. The molecular weight excluding hydrogens is 578 g/mol. The zero-order valence-corrected chi connectivity index (χ0v) is 24.8. The van der Waals surface area contributed by atoms with Crippen LogP contribution in [0.4, 0.5) is 16.2 Å². The molecule has 44 heavy (non-hydrogen) atoms. The molecule has 2 aliphatic rings. The van der Waals surface area contributed by atoms with Gasteiger partial charge in [0.25, 0.3) is 15.9 Å². The van der Waals surface area contributed by atoms with Gasteiger partial charge >= 0.3 is 6.03 Å². The van der Waals surface area contributed by atoms with E-state index in [1.54, 1.807) is 77.7 Å². The Morgan fingerprint density at radius 1 is 0.864 bits per heavy atom. The maximum atomic E-state index is 13.4. The van der Waals surface area contributed by atoms with Gasteiger partial charge in [-0.05, 0) is 54.1 Å². The van der Waals surface area contributed by atoms with E-state index in [4.69, 9.17) is 4.74 Å². The molecule has 0 saturated carbocycles. The van der Waals surface area contributed by atoms with Crippen molar-refractivity contribution < 1.29 is 22.7 Å². The van der Waals surface area contributed by atoms with Crippen LogP contribution in [-0.2, 0) is 10.0 Å². The minimum Gasteiger partial charge on any atom is -0.497 e. The zero-order valence-electron chi connectivity index (χ0n) is 24.0. The minimum absolute atomic E-state index is 0.0764. The first kappa shape index (κ1) is 28.9. The van der Waals surface area contributed by atoms with Crippen molar-refractivity contribution in [2.75, 3.05) is 43.3 Å². The largest absolute Gasteiger partial charge is 0.497 e. The highest BCUT2D eigenvalue weighted by Crippen LogP contribution is 2.29. The van der Waals surface area contributed by atoms with E-state index < -0.39 is 10.0 Å². The van der Waals surface area contributed by atoms with Crippen LogP contribution in [0.3, 0.4) is 0 Å². The molecule has 0 atom stereocenters. The molecule has 11 heteroatoms. The van der Waals surface area contributed by atoms with Crippen LogP contribution < -0.4 is 14.8 Å². The smallest absolute Gasteiger partial charge is 0.321 e. The van der Waals surface area contributed by atoms with E-state index in [-0.39, 0.29) is 22.8 Å². The summed E-state index contributed by atoms with van der Waals surface area (Å²) in [5, 5.41) is 3.60. The quantitative estimate of drug-likeness (QED) is 0.296. The predicted molar refractivity (Wildman–Crippen MR) is 170 cm³/mol. The highest BCUT2D eigenvalue weighted by atomic mass is 32.2. The number of carbonyl (C=O) groups is 2. The van der Waals surface area contributed by atoms with Crippen molar-refractivity contribution in [1.82, 2.24) is 14.8 Å². The number of fused-ring (bicyclic) bond motifs is 1. The SMILES string of the molecule is COc1cccc(NC(=O)N2CCN(C(=O)c3ccc(NS(=O)(=O)c4cccc5cc(C6C=CC=C6)cnc45)cc3)CC2)c1. The average molecular weight is 610 g/mol. The van der Waals surface area contributed by atoms with E-state index in [9.17, 15) is 18.0 Å². The molecule has 1 aliphatic heterocycles. The lowest BCUT2D eigenvalue weighted by molar-refractivity contribution is 0.0671. The molecule has 1 saturated heterocycles. The topological polar surface area (TPSA) is 121 Å². The molecule has 0 bridgehead atoms. The van der Waals surface area contributed by atoms with Crippen LogP contribution >= 0.6 is 0 Å². The summed E-state index contributed by atoms with van der Waals surface area (Å²) in [6.07, 6.45) is 9.78. The molecule has 2 heterocycles. The third-order valence-corrected chi connectivity index (χ3v) is 9.09. The highest BCUT2D eigenvalue weighted by Gasteiger charge is 2.25. The van der Waals surface area contributed by atoms with Gasteiger partial charge in [-0.25, -0.2) is 13.2 Å². The maximum absolute atomic E-state index is 13.4. The molecule has 0 spiro atoms. The number of allylic oxidation sites excluding steroid dienone is 4. The summed E-state index contributed by atoms with van der Waals surface area (Å²) in [5.74, 6) is 0.583. The molecule has 0 unspecified atom stereocenters. The Labute approximate surface area is 255 Å². The number of urea groups is 1. The fourth-order valence-electron chi connectivity index (χ4n) is 5.29. The van der Waals surface area contributed by atoms with E-state index in [0.717, 1.165) is 10.9 Å². The number of piperazine rings is 1. The van der Waals surface area contributed by atoms with Crippen LogP contribution in [0.5, 0.6) is 5.75 Å². The molecule has 3 aromatic carbocycles. The van der Waals surface area contributed by atoms with Crippen LogP contribution in [0, 0.1) is 0 Å². The second-order valence-corrected chi connectivity index (χ2v) is 12.2. The van der Waals surface area contributed by atoms with Crippen molar-refractivity contribution in [3.8, 4) is 5.75 Å². The van der Waals surface area contributed by atoms with Crippen molar-refractivity contribution in [3.05, 3.63) is 114 Å². The molecule has 1 fully saturated rings. The number of pyridine rings is 1. The predicted octanol–water partition coefficient (Wildman–Crippen LogP) is 5.24. The second-order valence-electron chi connectivity index (χ2n) is 10.5.